The third-order valence-corrected chi connectivity index (χ3v) is 4.76. The maximum absolute atomic E-state index is 12.2. The smallest absolute Gasteiger partial charge is 0.266 e. The van der Waals surface area contributed by atoms with Crippen LogP contribution < -0.4 is 4.72 Å². The summed E-state index contributed by atoms with van der Waals surface area (Å²) >= 11 is 5.78. The molecule has 2 aromatic carbocycles. The lowest BCUT2D eigenvalue weighted by atomic mass is 10.1. The molecule has 0 bridgehead atoms. The van der Waals surface area contributed by atoms with Gasteiger partial charge in [0, 0.05) is 16.6 Å². The molecule has 0 aliphatic heterocycles. The van der Waals surface area contributed by atoms with Crippen LogP contribution in [-0.4, -0.2) is 19.3 Å². The van der Waals surface area contributed by atoms with Gasteiger partial charge in [0.1, 0.15) is 5.69 Å². The fourth-order valence-electron chi connectivity index (χ4n) is 2.08. The molecule has 5 nitrogen and oxygen atoms in total. The van der Waals surface area contributed by atoms with Crippen molar-refractivity contribution in [3.8, 4) is 0 Å². The zero-order valence-corrected chi connectivity index (χ0v) is 13.3. The number of amides is 1. The Morgan fingerprint density at radius 2 is 1.74 bits per heavy atom. The Balaban J connectivity index is 1.90. The third-order valence-electron chi connectivity index (χ3n) is 3.20. The van der Waals surface area contributed by atoms with Crippen LogP contribution in [0.3, 0.4) is 0 Å². The van der Waals surface area contributed by atoms with E-state index in [0.717, 1.165) is 10.8 Å². The number of nitrogens with zero attached hydrogens (tertiary/aromatic N) is 1. The maximum Gasteiger partial charge on any atom is 0.283 e. The van der Waals surface area contributed by atoms with Crippen LogP contribution in [-0.2, 0) is 10.0 Å². The SMILES string of the molecule is O=C(NS(=O)(=O)c1cccc(Cl)c1)c1cc2ccccc2cn1. The number of carbonyl (C=O) groups is 1. The van der Waals surface area contributed by atoms with E-state index in [1.54, 1.807) is 6.07 Å². The van der Waals surface area contributed by atoms with Crippen molar-refractivity contribution in [3.63, 3.8) is 0 Å². The van der Waals surface area contributed by atoms with E-state index in [9.17, 15) is 13.2 Å². The van der Waals surface area contributed by atoms with Crippen LogP contribution >= 0.6 is 11.6 Å². The Hall–Kier alpha value is -2.44. The molecule has 0 radical (unpaired) electrons. The maximum atomic E-state index is 12.2. The third kappa shape index (κ3) is 3.33. The number of carbonyl (C=O) groups excluding carboxylic acids is 1. The van der Waals surface area contributed by atoms with Crippen LogP contribution in [0.25, 0.3) is 10.8 Å². The molecule has 1 heterocycles. The van der Waals surface area contributed by atoms with Gasteiger partial charge >= 0.3 is 0 Å². The molecule has 7 heteroatoms. The van der Waals surface area contributed by atoms with Crippen LogP contribution in [0.1, 0.15) is 10.5 Å². The topological polar surface area (TPSA) is 76.1 Å². The van der Waals surface area contributed by atoms with E-state index in [1.165, 1.54) is 30.5 Å². The van der Waals surface area contributed by atoms with Crippen molar-refractivity contribution in [2.24, 2.45) is 0 Å². The predicted octanol–water partition coefficient (Wildman–Crippen LogP) is 3.01. The van der Waals surface area contributed by atoms with E-state index in [0.29, 0.717) is 0 Å². The minimum Gasteiger partial charge on any atom is -0.266 e. The molecule has 0 saturated carbocycles. The van der Waals surface area contributed by atoms with Crippen LogP contribution in [0.15, 0.2) is 65.7 Å². The number of halogens is 1. The van der Waals surface area contributed by atoms with Gasteiger partial charge in [0.05, 0.1) is 4.90 Å². The summed E-state index contributed by atoms with van der Waals surface area (Å²) in [6.45, 7) is 0. The Morgan fingerprint density at radius 3 is 2.48 bits per heavy atom. The molecular weight excluding hydrogens is 336 g/mol. The monoisotopic (exact) mass is 346 g/mol. The first-order chi connectivity index (χ1) is 11.0. The summed E-state index contributed by atoms with van der Waals surface area (Å²) in [5.74, 6) is -0.796. The number of pyridine rings is 1. The van der Waals surface area contributed by atoms with Crippen molar-refractivity contribution in [2.75, 3.05) is 0 Å². The van der Waals surface area contributed by atoms with Crippen LogP contribution in [0.4, 0.5) is 0 Å². The summed E-state index contributed by atoms with van der Waals surface area (Å²) in [5, 5.41) is 1.93. The molecule has 1 N–H and O–H groups in total. The van der Waals surface area contributed by atoms with Gasteiger partial charge < -0.3 is 0 Å². The second kappa shape index (κ2) is 5.98. The second-order valence-corrected chi connectivity index (χ2v) is 6.93. The number of rotatable bonds is 3. The quantitative estimate of drug-likeness (QED) is 0.791. The van der Waals surface area contributed by atoms with E-state index in [4.69, 9.17) is 11.6 Å². The highest BCUT2D eigenvalue weighted by Gasteiger charge is 2.19. The van der Waals surface area contributed by atoms with E-state index in [1.807, 2.05) is 29.0 Å². The van der Waals surface area contributed by atoms with Crippen LogP contribution in [0.2, 0.25) is 5.02 Å². The first-order valence-electron chi connectivity index (χ1n) is 6.63. The molecule has 0 saturated heterocycles. The standard InChI is InChI=1S/C16H11ClN2O3S/c17-13-6-3-7-14(9-13)23(21,22)19-16(20)15-8-11-4-1-2-5-12(11)10-18-15/h1-10H,(H,19,20). The largest absolute Gasteiger partial charge is 0.283 e. The lowest BCUT2D eigenvalue weighted by molar-refractivity contribution is 0.0977. The van der Waals surface area contributed by atoms with Crippen molar-refractivity contribution in [3.05, 3.63) is 71.5 Å². The summed E-state index contributed by atoms with van der Waals surface area (Å²) in [4.78, 5) is 16.1. The summed E-state index contributed by atoms with van der Waals surface area (Å²) < 4.78 is 26.4. The number of sulfonamides is 1. The zero-order chi connectivity index (χ0) is 16.4. The van der Waals surface area contributed by atoms with Gasteiger partial charge in [-0.1, -0.05) is 41.9 Å². The molecule has 1 aromatic heterocycles. The van der Waals surface area contributed by atoms with Gasteiger partial charge in [0.2, 0.25) is 0 Å². The van der Waals surface area contributed by atoms with Gasteiger partial charge in [-0.3, -0.25) is 9.78 Å². The molecule has 1 amide bonds. The van der Waals surface area contributed by atoms with Crippen molar-refractivity contribution in [2.45, 2.75) is 4.90 Å². The number of hydrogen-bond donors (Lipinski definition) is 1. The van der Waals surface area contributed by atoms with Gasteiger partial charge in [-0.2, -0.15) is 0 Å². The number of hydrogen-bond acceptors (Lipinski definition) is 4. The van der Waals surface area contributed by atoms with Crippen molar-refractivity contribution < 1.29 is 13.2 Å². The highest BCUT2D eigenvalue weighted by atomic mass is 35.5. The van der Waals surface area contributed by atoms with Crippen molar-refractivity contribution in [1.82, 2.24) is 9.71 Å². The van der Waals surface area contributed by atoms with Gasteiger partial charge in [-0.25, -0.2) is 13.1 Å². The minimum atomic E-state index is -4.01. The van der Waals surface area contributed by atoms with Gasteiger partial charge in [-0.05, 0) is 29.7 Å². The molecule has 0 aliphatic carbocycles. The normalized spacial score (nSPS) is 11.3. The van der Waals surface area contributed by atoms with Crippen LogP contribution in [0, 0.1) is 0 Å². The van der Waals surface area contributed by atoms with Gasteiger partial charge in [0.15, 0.2) is 0 Å². The van der Waals surface area contributed by atoms with E-state index >= 15 is 0 Å². The molecule has 116 valence electrons. The molecule has 0 atom stereocenters. The first-order valence-corrected chi connectivity index (χ1v) is 8.49. The summed E-state index contributed by atoms with van der Waals surface area (Å²) in [5.41, 5.74) is 0.0225. The highest BCUT2D eigenvalue weighted by Crippen LogP contribution is 2.17. The molecule has 0 spiro atoms. The molecule has 0 fully saturated rings. The Labute approximate surface area is 138 Å². The molecule has 3 aromatic rings. The van der Waals surface area contributed by atoms with Crippen molar-refractivity contribution in [1.29, 1.82) is 0 Å². The summed E-state index contributed by atoms with van der Waals surface area (Å²) in [7, 11) is -4.01. The second-order valence-electron chi connectivity index (χ2n) is 4.81. The summed E-state index contributed by atoms with van der Waals surface area (Å²) in [6, 6.07) is 14.6. The minimum absolute atomic E-state index is 0.0225. The first kappa shape index (κ1) is 15.5. The number of benzene rings is 2. The van der Waals surface area contributed by atoms with E-state index in [-0.39, 0.29) is 15.6 Å². The van der Waals surface area contributed by atoms with E-state index < -0.39 is 15.9 Å². The summed E-state index contributed by atoms with van der Waals surface area (Å²) in [6.07, 6.45) is 1.52. The average molecular weight is 347 g/mol. The van der Waals surface area contributed by atoms with Crippen LogP contribution in [0.5, 0.6) is 0 Å². The molecule has 0 aliphatic rings. The van der Waals surface area contributed by atoms with Gasteiger partial charge in [0.25, 0.3) is 15.9 Å². The van der Waals surface area contributed by atoms with E-state index in [2.05, 4.69) is 4.98 Å². The predicted molar refractivity (Wildman–Crippen MR) is 87.8 cm³/mol. The van der Waals surface area contributed by atoms with Crippen molar-refractivity contribution >= 4 is 38.3 Å². The number of nitrogens with one attached hydrogen (secondary N) is 1. The zero-order valence-electron chi connectivity index (χ0n) is 11.7. The lowest BCUT2D eigenvalue weighted by Gasteiger charge is -2.07. The number of fused-ring (bicyclic) bond motifs is 1. The average Bonchev–Trinajstić information content (AvgIpc) is 2.54. The Kier molecular flexibility index (Phi) is 4.02. The fraction of sp³-hybridized carbons (Fsp3) is 0. The molecule has 3 rings (SSSR count). The number of aromatic nitrogens is 1. The lowest BCUT2D eigenvalue weighted by Crippen LogP contribution is -2.31. The molecule has 0 unspecified atom stereocenters. The highest BCUT2D eigenvalue weighted by molar-refractivity contribution is 7.90. The molecule has 23 heavy (non-hydrogen) atoms. The Morgan fingerprint density at radius 1 is 1.00 bits per heavy atom. The van der Waals surface area contributed by atoms with Gasteiger partial charge in [-0.15, -0.1) is 0 Å². The Bertz CT molecular complexity index is 1000. The fourth-order valence-corrected chi connectivity index (χ4v) is 3.34. The molecular formula is C16H11ClN2O3S.